The van der Waals surface area contributed by atoms with Crippen molar-refractivity contribution in [3.8, 4) is 0 Å². The van der Waals surface area contributed by atoms with Gasteiger partial charge in [-0.25, -0.2) is 23.5 Å². The molecule has 162 valence electrons. The van der Waals surface area contributed by atoms with Crippen LogP contribution < -0.4 is 15.5 Å². The lowest BCUT2D eigenvalue weighted by Crippen LogP contribution is -2.40. The molecule has 1 atom stereocenters. The van der Waals surface area contributed by atoms with Gasteiger partial charge in [0.25, 0.3) is 0 Å². The molecule has 2 amide bonds. The van der Waals surface area contributed by atoms with E-state index >= 15 is 0 Å². The summed E-state index contributed by atoms with van der Waals surface area (Å²) in [5.74, 6) is -1.84. The lowest BCUT2D eigenvalue weighted by Gasteiger charge is -2.27. The largest absolute Gasteiger partial charge is 0.388 e. The van der Waals surface area contributed by atoms with Crippen LogP contribution in [0, 0.1) is 11.6 Å². The van der Waals surface area contributed by atoms with Gasteiger partial charge in [0.1, 0.15) is 5.82 Å². The molecule has 3 aromatic rings. The molecule has 3 N–H and O–H groups in total. The van der Waals surface area contributed by atoms with Gasteiger partial charge < -0.3 is 15.7 Å². The molecular formula is C22H23F2N5O2. The Labute approximate surface area is 178 Å². The van der Waals surface area contributed by atoms with Gasteiger partial charge in [0.05, 0.1) is 23.0 Å². The number of anilines is 4. The quantitative estimate of drug-likeness (QED) is 0.531. The zero-order chi connectivity index (χ0) is 22.6. The first kappa shape index (κ1) is 22.1. The third-order valence-electron chi connectivity index (χ3n) is 4.69. The second-order valence-electron chi connectivity index (χ2n) is 7.46. The van der Waals surface area contributed by atoms with Crippen molar-refractivity contribution in [2.45, 2.75) is 32.4 Å². The minimum atomic E-state index is -1.16. The van der Waals surface area contributed by atoms with Crippen molar-refractivity contribution in [1.82, 2.24) is 9.97 Å². The van der Waals surface area contributed by atoms with Crippen LogP contribution >= 0.6 is 0 Å². The highest BCUT2D eigenvalue weighted by atomic mass is 19.2. The molecule has 0 saturated carbocycles. The van der Waals surface area contributed by atoms with Crippen LogP contribution in [0.1, 0.15) is 20.8 Å². The van der Waals surface area contributed by atoms with E-state index in [1.54, 1.807) is 51.1 Å². The molecule has 0 bridgehead atoms. The van der Waals surface area contributed by atoms with Crippen molar-refractivity contribution in [2.75, 3.05) is 15.5 Å². The minimum absolute atomic E-state index is 0.192. The van der Waals surface area contributed by atoms with Crippen molar-refractivity contribution in [3.05, 3.63) is 72.4 Å². The lowest BCUT2D eigenvalue weighted by atomic mass is 10.0. The maximum atomic E-state index is 14.1. The molecule has 0 aliphatic rings. The zero-order valence-electron chi connectivity index (χ0n) is 17.3. The maximum Gasteiger partial charge on any atom is 0.332 e. The summed E-state index contributed by atoms with van der Waals surface area (Å²) in [5, 5.41) is 15.5. The number of urea groups is 1. The smallest absolute Gasteiger partial charge is 0.332 e. The van der Waals surface area contributed by atoms with Crippen molar-refractivity contribution in [2.24, 2.45) is 0 Å². The highest BCUT2D eigenvalue weighted by Crippen LogP contribution is 2.26. The maximum absolute atomic E-state index is 14.1. The van der Waals surface area contributed by atoms with E-state index in [-0.39, 0.29) is 23.5 Å². The van der Waals surface area contributed by atoms with Gasteiger partial charge in [-0.2, -0.15) is 4.98 Å². The Morgan fingerprint density at radius 2 is 1.81 bits per heavy atom. The second-order valence-corrected chi connectivity index (χ2v) is 7.46. The Bertz CT molecular complexity index is 1060. The van der Waals surface area contributed by atoms with Crippen molar-refractivity contribution < 1.29 is 18.7 Å². The molecule has 0 aliphatic carbocycles. The number of aliphatic hydroxyl groups is 1. The number of halogens is 2. The number of amides is 2. The average molecular weight is 427 g/mol. The Morgan fingerprint density at radius 3 is 2.48 bits per heavy atom. The van der Waals surface area contributed by atoms with E-state index in [0.717, 1.165) is 6.07 Å². The van der Waals surface area contributed by atoms with Crippen molar-refractivity contribution in [3.63, 3.8) is 0 Å². The summed E-state index contributed by atoms with van der Waals surface area (Å²) in [6.07, 6.45) is 1.45. The summed E-state index contributed by atoms with van der Waals surface area (Å²) in [7, 11) is 0. The number of para-hydroxylation sites is 1. The number of rotatable bonds is 6. The van der Waals surface area contributed by atoms with Gasteiger partial charge in [-0.15, -0.1) is 0 Å². The van der Waals surface area contributed by atoms with E-state index in [1.165, 1.54) is 29.3 Å². The number of aromatic nitrogens is 2. The summed E-state index contributed by atoms with van der Waals surface area (Å²) in [5.41, 5.74) is -0.879. The summed E-state index contributed by atoms with van der Waals surface area (Å²) < 4.78 is 27.6. The Balaban J connectivity index is 1.96. The standard InChI is InChI=1S/C22H23F2N5O2/c1-14(22(2,3)31)26-20-25-13-12-18(28-20)29(15-8-5-4-6-9-15)21(30)27-17-11-7-10-16(23)19(17)24/h4-14,31H,1-3H3,(H,27,30)(H,25,26,28)/t14-/m0/s1. The van der Waals surface area contributed by atoms with Crippen LogP contribution in [0.3, 0.4) is 0 Å². The van der Waals surface area contributed by atoms with Gasteiger partial charge in [-0.1, -0.05) is 24.3 Å². The fraction of sp³-hybridized carbons (Fsp3) is 0.227. The van der Waals surface area contributed by atoms with E-state index in [0.29, 0.717) is 5.69 Å². The van der Waals surface area contributed by atoms with Gasteiger partial charge >= 0.3 is 6.03 Å². The van der Waals surface area contributed by atoms with Crippen molar-refractivity contribution >= 4 is 29.2 Å². The number of nitrogens with one attached hydrogen (secondary N) is 2. The van der Waals surface area contributed by atoms with E-state index in [4.69, 9.17) is 0 Å². The zero-order valence-corrected chi connectivity index (χ0v) is 17.3. The van der Waals surface area contributed by atoms with Crippen LogP contribution in [0.4, 0.5) is 36.7 Å². The normalized spacial score (nSPS) is 12.2. The first-order chi connectivity index (χ1) is 14.7. The van der Waals surface area contributed by atoms with E-state index < -0.39 is 23.3 Å². The molecule has 9 heteroatoms. The van der Waals surface area contributed by atoms with Crippen LogP contribution in [-0.2, 0) is 0 Å². The molecule has 31 heavy (non-hydrogen) atoms. The van der Waals surface area contributed by atoms with Gasteiger partial charge in [0.2, 0.25) is 5.95 Å². The number of carbonyl (C=O) groups excluding carboxylic acids is 1. The second kappa shape index (κ2) is 9.05. The third kappa shape index (κ3) is 5.32. The molecule has 0 radical (unpaired) electrons. The number of hydrogen-bond donors (Lipinski definition) is 3. The Kier molecular flexibility index (Phi) is 6.45. The molecule has 0 unspecified atom stereocenters. The van der Waals surface area contributed by atoms with E-state index in [9.17, 15) is 18.7 Å². The molecular weight excluding hydrogens is 404 g/mol. The van der Waals surface area contributed by atoms with Crippen LogP contribution in [0.2, 0.25) is 0 Å². The molecule has 2 aromatic carbocycles. The molecule has 0 saturated heterocycles. The summed E-state index contributed by atoms with van der Waals surface area (Å²) in [6, 6.07) is 12.5. The fourth-order valence-corrected chi connectivity index (χ4v) is 2.62. The highest BCUT2D eigenvalue weighted by Gasteiger charge is 2.25. The summed E-state index contributed by atoms with van der Waals surface area (Å²) >= 11 is 0. The molecule has 1 aromatic heterocycles. The first-order valence-electron chi connectivity index (χ1n) is 9.59. The summed E-state index contributed by atoms with van der Waals surface area (Å²) in [6.45, 7) is 5.06. The predicted molar refractivity (Wildman–Crippen MR) is 115 cm³/mol. The molecule has 1 heterocycles. The van der Waals surface area contributed by atoms with Crippen LogP contribution in [-0.4, -0.2) is 32.7 Å². The van der Waals surface area contributed by atoms with Crippen LogP contribution in [0.15, 0.2) is 60.8 Å². The Morgan fingerprint density at radius 1 is 1.10 bits per heavy atom. The average Bonchev–Trinajstić information content (AvgIpc) is 2.72. The number of carbonyl (C=O) groups is 1. The summed E-state index contributed by atoms with van der Waals surface area (Å²) in [4.78, 5) is 22.8. The highest BCUT2D eigenvalue weighted by molar-refractivity contribution is 6.06. The first-order valence-corrected chi connectivity index (χ1v) is 9.59. The SMILES string of the molecule is C[C@H](Nc1nccc(N(C(=O)Nc2cccc(F)c2F)c2ccccc2)n1)C(C)(C)O. The lowest BCUT2D eigenvalue weighted by molar-refractivity contribution is 0.0646. The number of benzene rings is 2. The van der Waals surface area contributed by atoms with Gasteiger partial charge in [-0.3, -0.25) is 0 Å². The molecule has 3 rings (SSSR count). The predicted octanol–water partition coefficient (Wildman–Crippen LogP) is 4.70. The molecule has 0 aliphatic heterocycles. The van der Waals surface area contributed by atoms with E-state index in [2.05, 4.69) is 20.6 Å². The van der Waals surface area contributed by atoms with Gasteiger partial charge in [0.15, 0.2) is 11.6 Å². The molecule has 0 spiro atoms. The monoisotopic (exact) mass is 427 g/mol. The Hall–Kier alpha value is -3.59. The topological polar surface area (TPSA) is 90.4 Å². The van der Waals surface area contributed by atoms with Crippen molar-refractivity contribution in [1.29, 1.82) is 0 Å². The fourth-order valence-electron chi connectivity index (χ4n) is 2.62. The van der Waals surface area contributed by atoms with E-state index in [1.807, 2.05) is 0 Å². The minimum Gasteiger partial charge on any atom is -0.388 e. The molecule has 0 fully saturated rings. The number of hydrogen-bond acceptors (Lipinski definition) is 5. The van der Waals surface area contributed by atoms with Crippen LogP contribution in [0.5, 0.6) is 0 Å². The van der Waals surface area contributed by atoms with Crippen LogP contribution in [0.25, 0.3) is 0 Å². The van der Waals surface area contributed by atoms with Gasteiger partial charge in [-0.05, 0) is 45.0 Å². The third-order valence-corrected chi connectivity index (χ3v) is 4.69. The molecule has 7 nitrogen and oxygen atoms in total. The number of nitrogens with zero attached hydrogens (tertiary/aromatic N) is 3. The van der Waals surface area contributed by atoms with Gasteiger partial charge in [0, 0.05) is 12.3 Å².